The van der Waals surface area contributed by atoms with Crippen LogP contribution in [0.15, 0.2) is 0 Å². The summed E-state index contributed by atoms with van der Waals surface area (Å²) < 4.78 is 5.43. The van der Waals surface area contributed by atoms with Crippen LogP contribution in [0.25, 0.3) is 0 Å². The molecule has 1 amide bonds. The van der Waals surface area contributed by atoms with Crippen molar-refractivity contribution >= 4 is 6.09 Å². The molecule has 0 aliphatic carbocycles. The lowest BCUT2D eigenvalue weighted by molar-refractivity contribution is 0.0253. The van der Waals surface area contributed by atoms with Crippen LogP contribution in [0.2, 0.25) is 0 Å². The molecule has 0 aromatic carbocycles. The topological polar surface area (TPSA) is 41.6 Å². The van der Waals surface area contributed by atoms with E-state index in [0.29, 0.717) is 0 Å². The van der Waals surface area contributed by atoms with E-state index in [1.54, 1.807) is 0 Å². The average Bonchev–Trinajstić information content (AvgIpc) is 2.54. The Hall–Kier alpha value is -0.770. The number of rotatable bonds is 0. The SMILES string of the molecule is CC(C)(C)OC(=O)N1CC[C@@H]2CNC[C@H]2CC1. The highest BCUT2D eigenvalue weighted by atomic mass is 16.6. The average molecular weight is 240 g/mol. The summed E-state index contributed by atoms with van der Waals surface area (Å²) in [6.07, 6.45) is 2.07. The molecule has 4 nitrogen and oxygen atoms in total. The first-order valence-corrected chi connectivity index (χ1v) is 6.64. The van der Waals surface area contributed by atoms with Crippen LogP contribution in [-0.4, -0.2) is 42.8 Å². The van der Waals surface area contributed by atoms with Gasteiger partial charge in [-0.3, -0.25) is 0 Å². The molecule has 0 aromatic rings. The predicted molar refractivity (Wildman–Crippen MR) is 66.9 cm³/mol. The molecule has 0 radical (unpaired) electrons. The minimum Gasteiger partial charge on any atom is -0.444 e. The van der Waals surface area contributed by atoms with Crippen molar-refractivity contribution < 1.29 is 9.53 Å². The van der Waals surface area contributed by atoms with Crippen LogP contribution in [0, 0.1) is 11.8 Å². The number of likely N-dealkylation sites (tertiary alicyclic amines) is 1. The number of ether oxygens (including phenoxy) is 1. The Morgan fingerprint density at radius 3 is 2.18 bits per heavy atom. The van der Waals surface area contributed by atoms with Gasteiger partial charge in [-0.2, -0.15) is 0 Å². The third-order valence-electron chi connectivity index (χ3n) is 3.67. The van der Waals surface area contributed by atoms with Gasteiger partial charge in [0, 0.05) is 13.1 Å². The van der Waals surface area contributed by atoms with Crippen molar-refractivity contribution in [3.63, 3.8) is 0 Å². The quantitative estimate of drug-likeness (QED) is 0.702. The van der Waals surface area contributed by atoms with Crippen molar-refractivity contribution in [2.75, 3.05) is 26.2 Å². The van der Waals surface area contributed by atoms with Crippen LogP contribution in [0.1, 0.15) is 33.6 Å². The molecule has 2 rings (SSSR count). The molecule has 2 aliphatic heterocycles. The lowest BCUT2D eigenvalue weighted by atomic mass is 9.92. The fourth-order valence-electron chi connectivity index (χ4n) is 2.73. The highest BCUT2D eigenvalue weighted by Gasteiger charge is 2.32. The van der Waals surface area contributed by atoms with E-state index >= 15 is 0 Å². The summed E-state index contributed by atoms with van der Waals surface area (Å²) in [6, 6.07) is 0. The van der Waals surface area contributed by atoms with E-state index in [1.165, 1.54) is 0 Å². The molecule has 0 unspecified atom stereocenters. The number of carbonyl (C=O) groups is 1. The van der Waals surface area contributed by atoms with E-state index in [4.69, 9.17) is 4.74 Å². The van der Waals surface area contributed by atoms with Crippen LogP contribution in [0.5, 0.6) is 0 Å². The second-order valence-corrected chi connectivity index (χ2v) is 6.22. The van der Waals surface area contributed by atoms with Crippen LogP contribution in [0.3, 0.4) is 0 Å². The lowest BCUT2D eigenvalue weighted by Crippen LogP contribution is -2.37. The third-order valence-corrected chi connectivity index (χ3v) is 3.67. The molecular weight excluding hydrogens is 216 g/mol. The second-order valence-electron chi connectivity index (χ2n) is 6.22. The zero-order valence-electron chi connectivity index (χ0n) is 11.2. The van der Waals surface area contributed by atoms with Crippen molar-refractivity contribution in [3.05, 3.63) is 0 Å². The summed E-state index contributed by atoms with van der Waals surface area (Å²) in [6.45, 7) is 9.68. The van der Waals surface area contributed by atoms with E-state index in [2.05, 4.69) is 5.32 Å². The molecule has 0 bridgehead atoms. The van der Waals surface area contributed by atoms with E-state index in [1.807, 2.05) is 25.7 Å². The summed E-state index contributed by atoms with van der Waals surface area (Å²) in [5.74, 6) is 1.50. The van der Waals surface area contributed by atoms with E-state index < -0.39 is 0 Å². The fraction of sp³-hybridized carbons (Fsp3) is 0.923. The van der Waals surface area contributed by atoms with E-state index in [-0.39, 0.29) is 11.7 Å². The molecule has 17 heavy (non-hydrogen) atoms. The fourth-order valence-corrected chi connectivity index (χ4v) is 2.73. The summed E-state index contributed by atoms with van der Waals surface area (Å²) in [4.78, 5) is 13.9. The number of amides is 1. The van der Waals surface area contributed by atoms with Gasteiger partial charge in [0.05, 0.1) is 0 Å². The first-order chi connectivity index (χ1) is 7.96. The summed E-state index contributed by atoms with van der Waals surface area (Å²) in [5, 5.41) is 3.44. The molecule has 0 saturated carbocycles. The van der Waals surface area contributed by atoms with Gasteiger partial charge >= 0.3 is 6.09 Å². The molecule has 1 N–H and O–H groups in total. The Bertz CT molecular complexity index is 272. The van der Waals surface area contributed by atoms with Crippen molar-refractivity contribution in [2.24, 2.45) is 11.8 Å². The maximum Gasteiger partial charge on any atom is 0.410 e. The summed E-state index contributed by atoms with van der Waals surface area (Å²) in [7, 11) is 0. The second kappa shape index (κ2) is 4.84. The number of hydrogen-bond donors (Lipinski definition) is 1. The van der Waals surface area contributed by atoms with Gasteiger partial charge in [0.25, 0.3) is 0 Å². The number of hydrogen-bond acceptors (Lipinski definition) is 3. The number of nitrogens with zero attached hydrogens (tertiary/aromatic N) is 1. The highest BCUT2D eigenvalue weighted by molar-refractivity contribution is 5.68. The molecular formula is C13H24N2O2. The molecule has 0 spiro atoms. The van der Waals surface area contributed by atoms with Gasteiger partial charge in [-0.05, 0) is 58.5 Å². The molecule has 2 aliphatic rings. The first-order valence-electron chi connectivity index (χ1n) is 6.64. The predicted octanol–water partition coefficient (Wildman–Crippen LogP) is 1.85. The maximum absolute atomic E-state index is 12.0. The Kier molecular flexibility index (Phi) is 3.61. The minimum atomic E-state index is -0.388. The summed E-state index contributed by atoms with van der Waals surface area (Å²) in [5.41, 5.74) is -0.388. The minimum absolute atomic E-state index is 0.148. The van der Waals surface area contributed by atoms with E-state index in [0.717, 1.165) is 50.9 Å². The standard InChI is InChI=1S/C13H24N2O2/c1-13(2,3)17-12(16)15-6-4-10-8-14-9-11(10)5-7-15/h10-11,14H,4-9H2,1-3H3/t10-,11-/m1/s1. The molecule has 2 atom stereocenters. The van der Waals surface area contributed by atoms with Crippen molar-refractivity contribution in [1.29, 1.82) is 0 Å². The van der Waals surface area contributed by atoms with Gasteiger partial charge in [0.2, 0.25) is 0 Å². The van der Waals surface area contributed by atoms with Crippen molar-refractivity contribution in [1.82, 2.24) is 10.2 Å². The largest absolute Gasteiger partial charge is 0.444 e. The Morgan fingerprint density at radius 2 is 1.71 bits per heavy atom. The van der Waals surface area contributed by atoms with Crippen LogP contribution >= 0.6 is 0 Å². The normalized spacial score (nSPS) is 29.7. The van der Waals surface area contributed by atoms with Crippen molar-refractivity contribution in [2.45, 2.75) is 39.2 Å². The monoisotopic (exact) mass is 240 g/mol. The first kappa shape index (κ1) is 12.7. The van der Waals surface area contributed by atoms with Crippen molar-refractivity contribution in [3.8, 4) is 0 Å². The van der Waals surface area contributed by atoms with Gasteiger partial charge in [0.1, 0.15) is 5.60 Å². The molecule has 2 saturated heterocycles. The Morgan fingerprint density at radius 1 is 1.18 bits per heavy atom. The molecule has 4 heteroatoms. The zero-order valence-corrected chi connectivity index (χ0v) is 11.2. The van der Waals surface area contributed by atoms with Crippen LogP contribution in [0.4, 0.5) is 4.79 Å². The van der Waals surface area contributed by atoms with Gasteiger partial charge < -0.3 is 15.0 Å². The number of nitrogens with one attached hydrogen (secondary N) is 1. The highest BCUT2D eigenvalue weighted by Crippen LogP contribution is 2.27. The zero-order chi connectivity index (χ0) is 12.5. The maximum atomic E-state index is 12.0. The smallest absolute Gasteiger partial charge is 0.410 e. The lowest BCUT2D eigenvalue weighted by Gasteiger charge is -2.26. The van der Waals surface area contributed by atoms with Crippen LogP contribution in [-0.2, 0) is 4.74 Å². The van der Waals surface area contributed by atoms with Gasteiger partial charge in [-0.25, -0.2) is 4.79 Å². The Balaban J connectivity index is 1.88. The Labute approximate surface area is 104 Å². The van der Waals surface area contributed by atoms with Gasteiger partial charge in [-0.1, -0.05) is 0 Å². The number of fused-ring (bicyclic) bond motifs is 1. The van der Waals surface area contributed by atoms with Crippen LogP contribution < -0.4 is 5.32 Å². The van der Waals surface area contributed by atoms with Gasteiger partial charge in [-0.15, -0.1) is 0 Å². The third kappa shape index (κ3) is 3.35. The molecule has 2 heterocycles. The van der Waals surface area contributed by atoms with E-state index in [9.17, 15) is 4.79 Å². The molecule has 98 valence electrons. The summed E-state index contributed by atoms with van der Waals surface area (Å²) >= 11 is 0. The number of carbonyl (C=O) groups excluding carboxylic acids is 1. The van der Waals surface area contributed by atoms with Gasteiger partial charge in [0.15, 0.2) is 0 Å². The molecule has 2 fully saturated rings. The molecule has 0 aromatic heterocycles.